The number of piperazine rings is 1. The van der Waals surface area contributed by atoms with E-state index in [-0.39, 0.29) is 35.7 Å². The predicted octanol–water partition coefficient (Wildman–Crippen LogP) is 4.06. The topological polar surface area (TPSA) is 96.1 Å². The van der Waals surface area contributed by atoms with E-state index >= 15 is 0 Å². The molecule has 0 unspecified atom stereocenters. The van der Waals surface area contributed by atoms with Gasteiger partial charge in [-0.1, -0.05) is 31.2 Å². The molecule has 8 nitrogen and oxygen atoms in total. The first-order valence-corrected chi connectivity index (χ1v) is 12.0. The van der Waals surface area contributed by atoms with Crippen molar-refractivity contribution in [3.63, 3.8) is 0 Å². The van der Waals surface area contributed by atoms with Crippen LogP contribution in [0.15, 0.2) is 60.9 Å². The highest BCUT2D eigenvalue weighted by molar-refractivity contribution is 5.84. The molecule has 0 amide bonds. The second kappa shape index (κ2) is 10.1. The van der Waals surface area contributed by atoms with Gasteiger partial charge in [-0.3, -0.25) is 10.3 Å². The van der Waals surface area contributed by atoms with Crippen LogP contribution < -0.4 is 16.2 Å². The van der Waals surface area contributed by atoms with Crippen molar-refractivity contribution in [2.45, 2.75) is 38.4 Å². The number of hydrazine groups is 1. The molecule has 5 rings (SSSR count). The average molecular weight is 491 g/mol. The van der Waals surface area contributed by atoms with Crippen LogP contribution in [0.4, 0.5) is 20.5 Å². The Balaban J connectivity index is 1.55. The monoisotopic (exact) mass is 490 g/mol. The number of nitrogens with one attached hydrogen (secondary N) is 1. The van der Waals surface area contributed by atoms with Gasteiger partial charge in [0.25, 0.3) is 0 Å². The molecule has 1 aliphatic heterocycles. The second-order valence-electron chi connectivity index (χ2n) is 9.01. The number of benzene rings is 2. The molecule has 4 aromatic rings. The zero-order valence-corrected chi connectivity index (χ0v) is 20.1. The smallest absolute Gasteiger partial charge is 0.241 e. The van der Waals surface area contributed by atoms with Crippen molar-refractivity contribution < 1.29 is 8.78 Å². The Labute approximate surface area is 208 Å². The Bertz CT molecular complexity index is 1290. The molecule has 0 radical (unpaired) electrons. The van der Waals surface area contributed by atoms with Crippen LogP contribution in [0, 0.1) is 11.6 Å². The lowest BCUT2D eigenvalue weighted by Gasteiger charge is -2.49. The molecule has 1 aliphatic rings. The molecule has 0 bridgehead atoms. The summed E-state index contributed by atoms with van der Waals surface area (Å²) in [4.78, 5) is 22.4. The minimum Gasteiger partial charge on any atom is -0.349 e. The molecular weight excluding hydrogens is 462 g/mol. The molecule has 0 saturated carbocycles. The largest absolute Gasteiger partial charge is 0.349 e. The van der Waals surface area contributed by atoms with E-state index in [0.717, 1.165) is 17.5 Å². The maximum Gasteiger partial charge on any atom is 0.241 e. The molecule has 3 N–H and O–H groups in total. The van der Waals surface area contributed by atoms with E-state index in [2.05, 4.69) is 49.0 Å². The number of nitrogen functional groups attached to an aromatic ring is 1. The fourth-order valence-electron chi connectivity index (χ4n) is 5.02. The minimum atomic E-state index is -0.289. The molecule has 1 fully saturated rings. The van der Waals surface area contributed by atoms with E-state index in [4.69, 9.17) is 5.84 Å². The van der Waals surface area contributed by atoms with Crippen LogP contribution in [-0.4, -0.2) is 50.0 Å². The number of nitrogens with zero attached hydrogens (tertiary/aromatic N) is 6. The first-order valence-electron chi connectivity index (χ1n) is 12.0. The van der Waals surface area contributed by atoms with Crippen LogP contribution in [0.1, 0.15) is 37.4 Å². The van der Waals surface area contributed by atoms with Gasteiger partial charge in [0.1, 0.15) is 11.6 Å². The number of fused-ring (bicyclic) bond motifs is 1. The van der Waals surface area contributed by atoms with Crippen molar-refractivity contribution in [3.05, 3.63) is 83.7 Å². The van der Waals surface area contributed by atoms with E-state index in [0.29, 0.717) is 30.1 Å². The van der Waals surface area contributed by atoms with Crippen LogP contribution in [0.5, 0.6) is 0 Å². The summed E-state index contributed by atoms with van der Waals surface area (Å²) in [5.41, 5.74) is 5.51. The van der Waals surface area contributed by atoms with Crippen LogP contribution in [0.25, 0.3) is 11.2 Å². The van der Waals surface area contributed by atoms with E-state index in [1.807, 2.05) is 0 Å². The van der Waals surface area contributed by atoms with Crippen LogP contribution in [0.2, 0.25) is 0 Å². The number of halogens is 2. The maximum atomic E-state index is 13.8. The summed E-state index contributed by atoms with van der Waals surface area (Å²) in [6, 6.07) is 13.1. The summed E-state index contributed by atoms with van der Waals surface area (Å²) in [6.45, 7) is 5.63. The number of aromatic nitrogens is 4. The van der Waals surface area contributed by atoms with Gasteiger partial charge in [0, 0.05) is 37.6 Å². The lowest BCUT2D eigenvalue weighted by molar-refractivity contribution is 0.115. The molecule has 0 aliphatic carbocycles. The first kappa shape index (κ1) is 24.0. The predicted molar refractivity (Wildman–Crippen MR) is 135 cm³/mol. The molecule has 3 heterocycles. The Kier molecular flexibility index (Phi) is 6.71. The number of rotatable bonds is 6. The summed E-state index contributed by atoms with van der Waals surface area (Å²) >= 11 is 0. The number of hydrogen-bond donors (Lipinski definition) is 2. The van der Waals surface area contributed by atoms with Gasteiger partial charge in [-0.2, -0.15) is 9.97 Å². The van der Waals surface area contributed by atoms with Crippen molar-refractivity contribution in [3.8, 4) is 0 Å². The van der Waals surface area contributed by atoms with Gasteiger partial charge in [0.15, 0.2) is 17.0 Å². The highest BCUT2D eigenvalue weighted by Crippen LogP contribution is 2.36. The van der Waals surface area contributed by atoms with Crippen molar-refractivity contribution in [2.75, 3.05) is 23.4 Å². The van der Waals surface area contributed by atoms with Crippen molar-refractivity contribution in [1.82, 2.24) is 24.8 Å². The van der Waals surface area contributed by atoms with E-state index in [9.17, 15) is 8.78 Å². The number of hydrogen-bond acceptors (Lipinski definition) is 8. The molecular formula is C26H28F2N8. The highest BCUT2D eigenvalue weighted by atomic mass is 19.1. The molecule has 2 atom stereocenters. The Morgan fingerprint density at radius 2 is 1.56 bits per heavy atom. The average Bonchev–Trinajstić information content (AvgIpc) is 2.90. The van der Waals surface area contributed by atoms with Gasteiger partial charge >= 0.3 is 0 Å². The van der Waals surface area contributed by atoms with Gasteiger partial charge in [-0.15, -0.1) is 0 Å². The summed E-state index contributed by atoms with van der Waals surface area (Å²) in [6.07, 6.45) is 4.08. The highest BCUT2D eigenvalue weighted by Gasteiger charge is 2.37. The third kappa shape index (κ3) is 4.57. The van der Waals surface area contributed by atoms with Gasteiger partial charge in [0.2, 0.25) is 5.95 Å². The van der Waals surface area contributed by atoms with Gasteiger partial charge in [-0.25, -0.2) is 24.6 Å². The van der Waals surface area contributed by atoms with Crippen molar-refractivity contribution >= 4 is 22.9 Å². The fourth-order valence-corrected chi connectivity index (χ4v) is 5.02. The molecule has 1 saturated heterocycles. The molecule has 2 aromatic carbocycles. The van der Waals surface area contributed by atoms with Crippen LogP contribution in [0.3, 0.4) is 0 Å². The molecule has 2 aromatic heterocycles. The molecule has 186 valence electrons. The molecule has 0 spiro atoms. The Morgan fingerprint density at radius 3 is 2.14 bits per heavy atom. The van der Waals surface area contributed by atoms with Crippen LogP contribution in [-0.2, 0) is 0 Å². The number of anilines is 2. The lowest BCUT2D eigenvalue weighted by Crippen LogP contribution is -2.58. The Hall–Kier alpha value is -3.76. The normalized spacial score (nSPS) is 18.7. The van der Waals surface area contributed by atoms with Crippen molar-refractivity contribution in [2.24, 2.45) is 5.84 Å². The van der Waals surface area contributed by atoms with Gasteiger partial charge in [-0.05, 0) is 48.7 Å². The SMILES string of the molecule is CC[C@@H]1CN(c2nc(NN)nc3nccnc23)[C@@H](C)CN1C(c1ccc(F)cc1)c1ccc(F)cc1. The standard InChI is InChI=1S/C26H28F2N8/c1-3-21-15-35(25-22-24(31-13-12-30-22)32-26(33-25)34-29)16(2)14-36(21)23(17-4-8-19(27)9-5-17)18-6-10-20(28)11-7-18/h4-13,16,21,23H,3,14-15,29H2,1-2H3,(H,31,32,33,34)/t16-,21+/m0/s1. The maximum absolute atomic E-state index is 13.8. The summed E-state index contributed by atoms with van der Waals surface area (Å²) in [7, 11) is 0. The molecule has 36 heavy (non-hydrogen) atoms. The molecule has 10 heteroatoms. The van der Waals surface area contributed by atoms with E-state index in [1.165, 1.54) is 24.3 Å². The van der Waals surface area contributed by atoms with E-state index in [1.54, 1.807) is 36.7 Å². The second-order valence-corrected chi connectivity index (χ2v) is 9.01. The van der Waals surface area contributed by atoms with Gasteiger partial charge < -0.3 is 4.90 Å². The van der Waals surface area contributed by atoms with Gasteiger partial charge in [0.05, 0.1) is 6.04 Å². The third-order valence-corrected chi connectivity index (χ3v) is 6.77. The third-order valence-electron chi connectivity index (χ3n) is 6.77. The quantitative estimate of drug-likeness (QED) is 0.309. The zero-order chi connectivity index (χ0) is 25.2. The zero-order valence-electron chi connectivity index (χ0n) is 20.1. The van der Waals surface area contributed by atoms with Crippen LogP contribution >= 0.6 is 0 Å². The summed E-state index contributed by atoms with van der Waals surface area (Å²) < 4.78 is 27.5. The lowest BCUT2D eigenvalue weighted by atomic mass is 9.92. The Morgan fingerprint density at radius 1 is 0.944 bits per heavy atom. The van der Waals surface area contributed by atoms with E-state index < -0.39 is 0 Å². The summed E-state index contributed by atoms with van der Waals surface area (Å²) in [5.74, 6) is 6.01. The van der Waals surface area contributed by atoms with Crippen molar-refractivity contribution in [1.29, 1.82) is 0 Å². The first-order chi connectivity index (χ1) is 17.5. The fraction of sp³-hybridized carbons (Fsp3) is 0.308. The summed E-state index contributed by atoms with van der Waals surface area (Å²) in [5, 5.41) is 0. The number of nitrogens with two attached hydrogens (primary N) is 1. The minimum absolute atomic E-state index is 0.0435.